The van der Waals surface area contributed by atoms with Crippen LogP contribution in [0.2, 0.25) is 0 Å². The van der Waals surface area contributed by atoms with Gasteiger partial charge >= 0.3 is 0 Å². The molecule has 0 saturated heterocycles. The fourth-order valence-electron chi connectivity index (χ4n) is 7.91. The van der Waals surface area contributed by atoms with E-state index in [1.54, 1.807) is 0 Å². The largest absolute Gasteiger partial charge is 0.0713 e. The lowest BCUT2D eigenvalue weighted by molar-refractivity contribution is 0.769. The molecular formula is C49H34. The molecule has 0 heteroatoms. The Balaban J connectivity index is 1.26. The molecule has 0 N–H and O–H groups in total. The van der Waals surface area contributed by atoms with Crippen molar-refractivity contribution < 1.29 is 0 Å². The van der Waals surface area contributed by atoms with Gasteiger partial charge in [-0.2, -0.15) is 0 Å². The Kier molecular flexibility index (Phi) is 7.14. The van der Waals surface area contributed by atoms with Gasteiger partial charge in [0.25, 0.3) is 0 Å². The maximum absolute atomic E-state index is 2.43. The number of hydrogen-bond donors (Lipinski definition) is 0. The summed E-state index contributed by atoms with van der Waals surface area (Å²) >= 11 is 0. The minimum atomic E-state index is -0.436. The van der Waals surface area contributed by atoms with Gasteiger partial charge in [0.2, 0.25) is 0 Å². The summed E-state index contributed by atoms with van der Waals surface area (Å²) in [7, 11) is 0. The Morgan fingerprint density at radius 1 is 0.224 bits per heavy atom. The first-order valence-electron chi connectivity index (χ1n) is 17.0. The smallest absolute Gasteiger partial charge is 0.0622 e. The van der Waals surface area contributed by atoms with Gasteiger partial charge in [-0.1, -0.05) is 176 Å². The summed E-state index contributed by atoms with van der Waals surface area (Å²) in [4.78, 5) is 0. The van der Waals surface area contributed by atoms with Crippen LogP contribution in [0.4, 0.5) is 0 Å². The Labute approximate surface area is 288 Å². The predicted molar refractivity (Wildman–Crippen MR) is 205 cm³/mol. The van der Waals surface area contributed by atoms with Crippen LogP contribution in [0.25, 0.3) is 55.6 Å². The summed E-state index contributed by atoms with van der Waals surface area (Å²) in [5.41, 5.74) is 17.0. The molecular weight excluding hydrogens is 589 g/mol. The van der Waals surface area contributed by atoms with Crippen LogP contribution >= 0.6 is 0 Å². The van der Waals surface area contributed by atoms with Crippen molar-refractivity contribution in [2.24, 2.45) is 0 Å². The Morgan fingerprint density at radius 3 is 1.14 bits per heavy atom. The van der Waals surface area contributed by atoms with Crippen molar-refractivity contribution >= 4 is 0 Å². The van der Waals surface area contributed by atoms with Crippen LogP contribution in [0.3, 0.4) is 0 Å². The van der Waals surface area contributed by atoms with Crippen molar-refractivity contribution in [3.05, 3.63) is 229 Å². The number of benzene rings is 8. The highest BCUT2D eigenvalue weighted by atomic mass is 14.5. The minimum absolute atomic E-state index is 0.436. The van der Waals surface area contributed by atoms with Gasteiger partial charge < -0.3 is 0 Å². The lowest BCUT2D eigenvalue weighted by atomic mass is 9.67. The Bertz CT molecular complexity index is 2370. The average Bonchev–Trinajstić information content (AvgIpc) is 3.50. The van der Waals surface area contributed by atoms with Crippen molar-refractivity contribution in [1.82, 2.24) is 0 Å². The molecule has 0 nitrogen and oxygen atoms in total. The predicted octanol–water partition coefficient (Wildman–Crippen LogP) is 12.7. The molecule has 0 radical (unpaired) electrons. The molecule has 0 heterocycles. The van der Waals surface area contributed by atoms with E-state index in [-0.39, 0.29) is 0 Å². The van der Waals surface area contributed by atoms with Gasteiger partial charge in [0.05, 0.1) is 5.41 Å². The van der Waals surface area contributed by atoms with E-state index >= 15 is 0 Å². The quantitative estimate of drug-likeness (QED) is 0.173. The number of rotatable bonds is 6. The number of hydrogen-bond acceptors (Lipinski definition) is 0. The van der Waals surface area contributed by atoms with Gasteiger partial charge in [0.1, 0.15) is 0 Å². The van der Waals surface area contributed by atoms with Gasteiger partial charge in [-0.15, -0.1) is 0 Å². The summed E-state index contributed by atoms with van der Waals surface area (Å²) in [5, 5.41) is 0. The summed E-state index contributed by atoms with van der Waals surface area (Å²) in [6.07, 6.45) is 0. The fourth-order valence-corrected chi connectivity index (χ4v) is 7.91. The second-order valence-electron chi connectivity index (χ2n) is 12.9. The number of fused-ring (bicyclic) bond motifs is 3. The maximum atomic E-state index is 2.43. The Morgan fingerprint density at radius 2 is 0.571 bits per heavy atom. The van der Waals surface area contributed by atoms with Crippen LogP contribution < -0.4 is 0 Å². The van der Waals surface area contributed by atoms with Crippen molar-refractivity contribution in [3.8, 4) is 55.6 Å². The fraction of sp³-hybridized carbons (Fsp3) is 0.0204. The molecule has 0 aliphatic heterocycles. The standard InChI is InChI=1S/C49H34/c1-4-16-35(17-5-1)37-20-14-21-38(30-37)41-31-40(36-18-6-2-7-19-36)32-42(33-41)39-22-15-25-44(34-39)49(43-23-8-3-9-24-43)47-28-12-10-26-45(47)46-27-11-13-29-48(46)49/h1-34H. The first-order chi connectivity index (χ1) is 24.3. The second-order valence-corrected chi connectivity index (χ2v) is 12.9. The monoisotopic (exact) mass is 622 g/mol. The second kappa shape index (κ2) is 12.1. The molecule has 1 aliphatic rings. The van der Waals surface area contributed by atoms with Crippen molar-refractivity contribution in [1.29, 1.82) is 0 Å². The first kappa shape index (κ1) is 28.9. The molecule has 0 bridgehead atoms. The van der Waals surface area contributed by atoms with Crippen LogP contribution in [0, 0.1) is 0 Å². The average molecular weight is 623 g/mol. The van der Waals surface area contributed by atoms with E-state index < -0.39 is 5.41 Å². The molecule has 0 unspecified atom stereocenters. The van der Waals surface area contributed by atoms with Gasteiger partial charge in [-0.05, 0) is 108 Å². The van der Waals surface area contributed by atoms with Crippen LogP contribution in [0.5, 0.6) is 0 Å². The van der Waals surface area contributed by atoms with Crippen LogP contribution in [0.1, 0.15) is 22.3 Å². The third-order valence-electron chi connectivity index (χ3n) is 10.1. The lowest BCUT2D eigenvalue weighted by Crippen LogP contribution is -2.28. The molecule has 0 aromatic heterocycles. The molecule has 0 spiro atoms. The van der Waals surface area contributed by atoms with Gasteiger partial charge in [0, 0.05) is 0 Å². The van der Waals surface area contributed by atoms with E-state index in [0.29, 0.717) is 0 Å². The molecule has 230 valence electrons. The zero-order valence-corrected chi connectivity index (χ0v) is 27.1. The molecule has 0 atom stereocenters. The summed E-state index contributed by atoms with van der Waals surface area (Å²) < 4.78 is 0. The molecule has 49 heavy (non-hydrogen) atoms. The van der Waals surface area contributed by atoms with Gasteiger partial charge in [-0.3, -0.25) is 0 Å². The van der Waals surface area contributed by atoms with E-state index in [4.69, 9.17) is 0 Å². The normalized spacial score (nSPS) is 12.7. The van der Waals surface area contributed by atoms with Gasteiger partial charge in [0.15, 0.2) is 0 Å². The van der Waals surface area contributed by atoms with E-state index in [1.807, 2.05) is 0 Å². The van der Waals surface area contributed by atoms with Crippen LogP contribution in [-0.4, -0.2) is 0 Å². The van der Waals surface area contributed by atoms with Crippen LogP contribution in [0.15, 0.2) is 206 Å². The molecule has 0 amide bonds. The van der Waals surface area contributed by atoms with Crippen molar-refractivity contribution in [3.63, 3.8) is 0 Å². The highest BCUT2D eigenvalue weighted by Gasteiger charge is 2.45. The maximum Gasteiger partial charge on any atom is 0.0713 e. The first-order valence-corrected chi connectivity index (χ1v) is 17.0. The van der Waals surface area contributed by atoms with E-state index in [0.717, 1.165) is 0 Å². The SMILES string of the molecule is c1ccc(-c2cccc(-c3cc(-c4ccccc4)cc(-c4cccc(C5(c6ccccc6)c6ccccc6-c6ccccc65)c4)c3)c2)cc1. The zero-order chi connectivity index (χ0) is 32.6. The Hall–Kier alpha value is -6.24. The highest BCUT2D eigenvalue weighted by Crippen LogP contribution is 2.56. The highest BCUT2D eigenvalue weighted by molar-refractivity contribution is 5.88. The van der Waals surface area contributed by atoms with E-state index in [9.17, 15) is 0 Å². The molecule has 1 aliphatic carbocycles. The summed E-state index contributed by atoms with van der Waals surface area (Å²) in [5.74, 6) is 0. The molecule has 0 saturated carbocycles. The van der Waals surface area contributed by atoms with Crippen molar-refractivity contribution in [2.45, 2.75) is 5.41 Å². The molecule has 8 aromatic carbocycles. The third-order valence-corrected chi connectivity index (χ3v) is 10.1. The summed E-state index contributed by atoms with van der Waals surface area (Å²) in [6.45, 7) is 0. The third kappa shape index (κ3) is 4.93. The summed E-state index contributed by atoms with van der Waals surface area (Å²) in [6, 6.07) is 75.5. The van der Waals surface area contributed by atoms with E-state index in [1.165, 1.54) is 77.9 Å². The van der Waals surface area contributed by atoms with Crippen molar-refractivity contribution in [2.75, 3.05) is 0 Å². The lowest BCUT2D eigenvalue weighted by Gasteiger charge is -2.34. The van der Waals surface area contributed by atoms with Crippen LogP contribution in [-0.2, 0) is 5.41 Å². The molecule has 0 fully saturated rings. The topological polar surface area (TPSA) is 0 Å². The van der Waals surface area contributed by atoms with E-state index in [2.05, 4.69) is 206 Å². The molecule has 8 aromatic rings. The minimum Gasteiger partial charge on any atom is -0.0622 e. The molecule has 9 rings (SSSR count). The zero-order valence-electron chi connectivity index (χ0n) is 27.1. The van der Waals surface area contributed by atoms with Gasteiger partial charge in [-0.25, -0.2) is 0 Å².